The van der Waals surface area contributed by atoms with Crippen molar-refractivity contribution in [3.8, 4) is 11.5 Å². The molecule has 0 heterocycles. The molecule has 0 aliphatic heterocycles. The van der Waals surface area contributed by atoms with E-state index in [4.69, 9.17) is 9.47 Å². The first-order valence-electron chi connectivity index (χ1n) is 5.40. The van der Waals surface area contributed by atoms with Crippen molar-refractivity contribution >= 4 is 28.2 Å². The first-order valence-corrected chi connectivity index (χ1v) is 15.4. The Balaban J connectivity index is 3.57. The molecule has 92 valence electrons. The van der Waals surface area contributed by atoms with Gasteiger partial charge in [-0.25, -0.2) is 0 Å². The van der Waals surface area contributed by atoms with Gasteiger partial charge in [0.05, 0.1) is 0 Å². The summed E-state index contributed by atoms with van der Waals surface area (Å²) in [5, 5.41) is 0. The molecule has 1 rings (SSSR count). The Morgan fingerprint density at radius 1 is 1.29 bits per heavy atom. The first kappa shape index (κ1) is 14.1. The molecule has 0 atom stereocenters. The van der Waals surface area contributed by atoms with E-state index in [9.17, 15) is 4.79 Å². The summed E-state index contributed by atoms with van der Waals surface area (Å²) < 4.78 is 11.8. The molecule has 1 aromatic rings. The second-order valence-corrected chi connectivity index (χ2v) is 19.0. The second kappa shape index (κ2) is 5.58. The van der Waals surface area contributed by atoms with Gasteiger partial charge in [-0.05, 0) is 0 Å². The zero-order valence-electron chi connectivity index (χ0n) is 10.7. The maximum atomic E-state index is 11.1. The van der Waals surface area contributed by atoms with Crippen molar-refractivity contribution in [1.29, 1.82) is 0 Å². The van der Waals surface area contributed by atoms with Gasteiger partial charge >= 0.3 is 106 Å². The number of carbonyl (C=O) groups excluding carboxylic acids is 1. The van der Waals surface area contributed by atoms with Crippen molar-refractivity contribution in [2.45, 2.75) is 14.8 Å². The van der Waals surface area contributed by atoms with Gasteiger partial charge in [0.25, 0.3) is 0 Å². The van der Waals surface area contributed by atoms with Gasteiger partial charge in [0.1, 0.15) is 0 Å². The van der Waals surface area contributed by atoms with Crippen molar-refractivity contribution in [3.05, 3.63) is 30.5 Å². The number of aldehydes is 1. The molecule has 0 unspecified atom stereocenters. The average Bonchev–Trinajstić information content (AvgIpc) is 2.27. The molecule has 0 radical (unpaired) electrons. The van der Waals surface area contributed by atoms with Crippen molar-refractivity contribution in [2.75, 3.05) is 7.11 Å². The monoisotopic (exact) mass is 342 g/mol. The molecule has 0 N–H and O–H groups in total. The van der Waals surface area contributed by atoms with Crippen molar-refractivity contribution in [2.24, 2.45) is 0 Å². The van der Waals surface area contributed by atoms with Crippen LogP contribution in [0.5, 0.6) is 11.5 Å². The number of ether oxygens (including phenoxy) is 2. The molecule has 0 aliphatic carbocycles. The average molecular weight is 341 g/mol. The third-order valence-corrected chi connectivity index (χ3v) is 8.20. The first-order chi connectivity index (χ1) is 7.95. The van der Waals surface area contributed by atoms with Gasteiger partial charge in [0, 0.05) is 0 Å². The Hall–Kier alpha value is -0.971. The van der Waals surface area contributed by atoms with Gasteiger partial charge in [-0.1, -0.05) is 0 Å². The van der Waals surface area contributed by atoms with Crippen LogP contribution < -0.4 is 13.1 Å². The molecule has 0 aromatic heterocycles. The van der Waals surface area contributed by atoms with E-state index in [1.54, 1.807) is 19.2 Å². The fourth-order valence-corrected chi connectivity index (χ4v) is 7.15. The van der Waals surface area contributed by atoms with Crippen LogP contribution >= 0.6 is 0 Å². The van der Waals surface area contributed by atoms with Crippen LogP contribution in [-0.4, -0.2) is 31.8 Å². The van der Waals surface area contributed by atoms with Crippen LogP contribution in [0.25, 0.3) is 0 Å². The van der Waals surface area contributed by atoms with E-state index >= 15 is 0 Å². The van der Waals surface area contributed by atoms with Crippen LogP contribution in [0, 0.1) is 0 Å². The van der Waals surface area contributed by atoms with E-state index in [-0.39, 0.29) is 0 Å². The number of benzene rings is 1. The Morgan fingerprint density at radius 3 is 2.35 bits per heavy atom. The number of rotatable bonds is 5. The van der Waals surface area contributed by atoms with Crippen LogP contribution in [0.15, 0.2) is 25.0 Å². The second-order valence-electron chi connectivity index (χ2n) is 4.71. The van der Waals surface area contributed by atoms with E-state index in [1.165, 1.54) is 6.26 Å². The normalized spacial score (nSPS) is 10.8. The van der Waals surface area contributed by atoms with E-state index in [2.05, 4.69) is 21.4 Å². The summed E-state index contributed by atoms with van der Waals surface area (Å²) in [6.45, 7) is 3.57. The zero-order valence-corrected chi connectivity index (χ0v) is 13.6. The molecular weight excluding hydrogens is 323 g/mol. The summed E-state index contributed by atoms with van der Waals surface area (Å²) in [6.07, 6.45) is 2.25. The summed E-state index contributed by atoms with van der Waals surface area (Å²) in [6, 6.07) is 3.54. The predicted molar refractivity (Wildman–Crippen MR) is 72.2 cm³/mol. The molecule has 0 amide bonds. The Morgan fingerprint density at radius 2 is 1.94 bits per heavy atom. The van der Waals surface area contributed by atoms with E-state index in [0.717, 1.165) is 9.87 Å². The Kier molecular flexibility index (Phi) is 4.62. The molecule has 0 saturated heterocycles. The van der Waals surface area contributed by atoms with Crippen LogP contribution in [0.2, 0.25) is 14.8 Å². The van der Waals surface area contributed by atoms with E-state index in [1.807, 2.05) is 0 Å². The molecular formula is C13H18O3Sn. The number of methoxy groups -OCH3 is 1. The molecule has 0 aliphatic rings. The third kappa shape index (κ3) is 3.03. The van der Waals surface area contributed by atoms with E-state index < -0.39 is 18.4 Å². The number of hydrogen-bond acceptors (Lipinski definition) is 3. The summed E-state index contributed by atoms with van der Waals surface area (Å²) in [5.41, 5.74) is 0.700. The fraction of sp³-hybridized carbons (Fsp3) is 0.308. The molecule has 3 nitrogen and oxygen atoms in total. The molecule has 4 heteroatoms. The molecule has 0 bridgehead atoms. The molecule has 17 heavy (non-hydrogen) atoms. The fourth-order valence-electron chi connectivity index (χ4n) is 1.81. The van der Waals surface area contributed by atoms with Gasteiger partial charge in [-0.2, -0.15) is 0 Å². The van der Waals surface area contributed by atoms with Gasteiger partial charge < -0.3 is 0 Å². The van der Waals surface area contributed by atoms with Crippen LogP contribution in [-0.2, 0) is 0 Å². The Bertz CT molecular complexity index is 433. The van der Waals surface area contributed by atoms with Crippen molar-refractivity contribution < 1.29 is 14.3 Å². The Labute approximate surface area is 106 Å². The number of hydrogen-bond donors (Lipinski definition) is 0. The SMILES string of the molecule is C=COc1c(OC)ccc(C=O)[c]1[Sn]([CH3])([CH3])[CH3]. The topological polar surface area (TPSA) is 35.5 Å². The van der Waals surface area contributed by atoms with Gasteiger partial charge in [-0.15, -0.1) is 0 Å². The van der Waals surface area contributed by atoms with Crippen molar-refractivity contribution in [3.63, 3.8) is 0 Å². The number of carbonyl (C=O) groups is 1. The summed E-state index contributed by atoms with van der Waals surface area (Å²) in [5.74, 6) is 1.30. The van der Waals surface area contributed by atoms with Gasteiger partial charge in [-0.3, -0.25) is 0 Å². The molecule has 0 saturated carbocycles. The van der Waals surface area contributed by atoms with Gasteiger partial charge in [0.15, 0.2) is 0 Å². The maximum absolute atomic E-state index is 11.1. The van der Waals surface area contributed by atoms with Crippen LogP contribution in [0.3, 0.4) is 0 Å². The van der Waals surface area contributed by atoms with Crippen LogP contribution in [0.1, 0.15) is 10.4 Å². The molecule has 1 aromatic carbocycles. The van der Waals surface area contributed by atoms with Crippen molar-refractivity contribution in [1.82, 2.24) is 0 Å². The zero-order chi connectivity index (χ0) is 13.1. The predicted octanol–water partition coefficient (Wildman–Crippen LogP) is 2.58. The van der Waals surface area contributed by atoms with E-state index in [0.29, 0.717) is 17.1 Å². The minimum absolute atomic E-state index is 0.649. The molecule has 0 fully saturated rings. The van der Waals surface area contributed by atoms with Crippen LogP contribution in [0.4, 0.5) is 0 Å². The minimum atomic E-state index is -2.48. The third-order valence-electron chi connectivity index (χ3n) is 2.45. The summed E-state index contributed by atoms with van der Waals surface area (Å²) >= 11 is -2.48. The summed E-state index contributed by atoms with van der Waals surface area (Å²) in [7, 11) is 1.59. The standard InChI is InChI=1S/C10H9O3.3CH3.Sn/c1-3-13-10-6-8(7-11)4-5-9(10)12-2;;;;/h3-5,7H,1H2,2H3;3*1H3;. The molecule has 0 spiro atoms. The summed E-state index contributed by atoms with van der Waals surface area (Å²) in [4.78, 5) is 17.8. The van der Waals surface area contributed by atoms with Gasteiger partial charge in [0.2, 0.25) is 0 Å². The quantitative estimate of drug-likeness (QED) is 0.469.